The summed E-state index contributed by atoms with van der Waals surface area (Å²) in [5.41, 5.74) is 2.61. The van der Waals surface area contributed by atoms with E-state index < -0.39 is 0 Å². The summed E-state index contributed by atoms with van der Waals surface area (Å²) in [6.07, 6.45) is 6.46. The van der Waals surface area contributed by atoms with Crippen molar-refractivity contribution >= 4 is 11.0 Å². The van der Waals surface area contributed by atoms with Crippen LogP contribution in [0.5, 0.6) is 0 Å². The molecule has 23 heavy (non-hydrogen) atoms. The second kappa shape index (κ2) is 6.08. The van der Waals surface area contributed by atoms with E-state index in [4.69, 9.17) is 0 Å². The Morgan fingerprint density at radius 2 is 1.96 bits per heavy atom. The number of para-hydroxylation sites is 2. The molecule has 1 aromatic carbocycles. The number of nitrogens with zero attached hydrogens (tertiary/aromatic N) is 3. The molecule has 0 bridgehead atoms. The Morgan fingerprint density at radius 1 is 1.13 bits per heavy atom. The molecule has 4 heteroatoms. The van der Waals surface area contributed by atoms with E-state index in [9.17, 15) is 4.79 Å². The highest BCUT2D eigenvalue weighted by Crippen LogP contribution is 2.32. The van der Waals surface area contributed by atoms with Crippen LogP contribution in [0.15, 0.2) is 29.1 Å². The summed E-state index contributed by atoms with van der Waals surface area (Å²) in [6, 6.07) is 8.70. The van der Waals surface area contributed by atoms with Crippen LogP contribution in [0.4, 0.5) is 0 Å². The normalized spacial score (nSPS) is 25.4. The quantitative estimate of drug-likeness (QED) is 0.856. The third-order valence-electron chi connectivity index (χ3n) is 5.66. The van der Waals surface area contributed by atoms with Crippen molar-refractivity contribution in [1.82, 2.24) is 14.5 Å². The lowest BCUT2D eigenvalue weighted by Gasteiger charge is -2.44. The standard InChI is InChI=1S/C19H25N3O/c1-14-19(23)22(18-10-3-2-8-16(18)20-14)13-15-7-6-12-21-11-5-4-9-17(15)21/h2-3,8,10,15,17H,4-7,9,11-13H2,1H3/t15-,17-/m1/s1. The van der Waals surface area contributed by atoms with Crippen LogP contribution in [0.3, 0.4) is 0 Å². The van der Waals surface area contributed by atoms with Crippen molar-refractivity contribution in [2.24, 2.45) is 5.92 Å². The van der Waals surface area contributed by atoms with Gasteiger partial charge >= 0.3 is 0 Å². The predicted molar refractivity (Wildman–Crippen MR) is 92.7 cm³/mol. The van der Waals surface area contributed by atoms with Gasteiger partial charge < -0.3 is 9.47 Å². The van der Waals surface area contributed by atoms with Gasteiger partial charge in [-0.3, -0.25) is 4.79 Å². The molecule has 0 unspecified atom stereocenters. The highest BCUT2D eigenvalue weighted by Gasteiger charge is 2.33. The highest BCUT2D eigenvalue weighted by atomic mass is 16.1. The van der Waals surface area contributed by atoms with Gasteiger partial charge in [-0.25, -0.2) is 4.98 Å². The van der Waals surface area contributed by atoms with Gasteiger partial charge in [0.25, 0.3) is 5.56 Å². The largest absolute Gasteiger partial charge is 0.305 e. The smallest absolute Gasteiger partial charge is 0.272 e. The van der Waals surface area contributed by atoms with Crippen LogP contribution < -0.4 is 5.56 Å². The number of hydrogen-bond donors (Lipinski definition) is 0. The summed E-state index contributed by atoms with van der Waals surface area (Å²) in [5, 5.41) is 0. The molecule has 0 spiro atoms. The maximum Gasteiger partial charge on any atom is 0.272 e. The zero-order valence-corrected chi connectivity index (χ0v) is 13.9. The molecule has 0 aliphatic carbocycles. The molecule has 1 aromatic heterocycles. The van der Waals surface area contributed by atoms with Gasteiger partial charge in [-0.1, -0.05) is 18.6 Å². The number of rotatable bonds is 2. The molecule has 4 nitrogen and oxygen atoms in total. The van der Waals surface area contributed by atoms with Gasteiger partial charge in [-0.05, 0) is 63.7 Å². The Hall–Kier alpha value is -1.68. The Bertz CT molecular complexity index is 765. The zero-order chi connectivity index (χ0) is 15.8. The monoisotopic (exact) mass is 311 g/mol. The topological polar surface area (TPSA) is 38.1 Å². The van der Waals surface area contributed by atoms with E-state index in [0.717, 1.165) is 17.6 Å². The van der Waals surface area contributed by atoms with Crippen molar-refractivity contribution in [1.29, 1.82) is 0 Å². The maximum absolute atomic E-state index is 12.7. The second-order valence-corrected chi connectivity index (χ2v) is 7.10. The molecule has 122 valence electrons. The number of hydrogen-bond acceptors (Lipinski definition) is 3. The number of fused-ring (bicyclic) bond motifs is 2. The predicted octanol–water partition coefficient (Wildman–Crippen LogP) is 2.97. The minimum absolute atomic E-state index is 0.0802. The zero-order valence-electron chi connectivity index (χ0n) is 13.9. The van der Waals surface area contributed by atoms with E-state index >= 15 is 0 Å². The molecule has 2 aliphatic heterocycles. The van der Waals surface area contributed by atoms with E-state index in [2.05, 4.69) is 9.88 Å². The molecule has 2 aromatic rings. The van der Waals surface area contributed by atoms with Crippen molar-refractivity contribution in [3.8, 4) is 0 Å². The average Bonchev–Trinajstić information content (AvgIpc) is 2.59. The second-order valence-electron chi connectivity index (χ2n) is 7.10. The van der Waals surface area contributed by atoms with E-state index in [0.29, 0.717) is 17.7 Å². The van der Waals surface area contributed by atoms with Gasteiger partial charge in [0, 0.05) is 12.6 Å². The molecule has 2 atom stereocenters. The average molecular weight is 311 g/mol. The van der Waals surface area contributed by atoms with Gasteiger partial charge in [0.05, 0.1) is 11.0 Å². The summed E-state index contributed by atoms with van der Waals surface area (Å²) in [4.78, 5) is 19.8. The molecule has 2 fully saturated rings. The fraction of sp³-hybridized carbons (Fsp3) is 0.579. The number of benzene rings is 1. The van der Waals surface area contributed by atoms with Crippen molar-refractivity contribution in [3.05, 3.63) is 40.3 Å². The van der Waals surface area contributed by atoms with Crippen LogP contribution in [-0.2, 0) is 6.54 Å². The van der Waals surface area contributed by atoms with E-state index in [1.807, 2.05) is 35.8 Å². The van der Waals surface area contributed by atoms with Crippen LogP contribution >= 0.6 is 0 Å². The first kappa shape index (κ1) is 14.9. The van der Waals surface area contributed by atoms with E-state index in [1.165, 1.54) is 45.2 Å². The summed E-state index contributed by atoms with van der Waals surface area (Å²) >= 11 is 0. The number of piperidine rings is 2. The Balaban J connectivity index is 1.72. The van der Waals surface area contributed by atoms with E-state index in [1.54, 1.807) is 0 Å². The molecule has 2 aliphatic rings. The van der Waals surface area contributed by atoms with E-state index in [-0.39, 0.29) is 5.56 Å². The molecule has 2 saturated heterocycles. The third kappa shape index (κ3) is 2.69. The fourth-order valence-corrected chi connectivity index (χ4v) is 4.53. The molecule has 0 saturated carbocycles. The van der Waals surface area contributed by atoms with Crippen molar-refractivity contribution in [3.63, 3.8) is 0 Å². The van der Waals surface area contributed by atoms with Crippen LogP contribution in [0, 0.1) is 12.8 Å². The first-order chi connectivity index (χ1) is 11.2. The van der Waals surface area contributed by atoms with Crippen molar-refractivity contribution in [2.75, 3.05) is 13.1 Å². The Morgan fingerprint density at radius 3 is 2.87 bits per heavy atom. The van der Waals surface area contributed by atoms with Gasteiger partial charge in [0.2, 0.25) is 0 Å². The highest BCUT2D eigenvalue weighted by molar-refractivity contribution is 5.74. The summed E-state index contributed by atoms with van der Waals surface area (Å²) in [6.45, 7) is 5.15. The SMILES string of the molecule is Cc1nc2ccccc2n(C[C@H]2CCCN3CCCC[C@H]23)c1=O. The maximum atomic E-state index is 12.7. The molecule has 3 heterocycles. The number of aryl methyl sites for hydroxylation is 1. The molecule has 0 radical (unpaired) electrons. The Labute approximate surface area is 137 Å². The van der Waals surface area contributed by atoms with Crippen LogP contribution in [0.2, 0.25) is 0 Å². The molecular formula is C19H25N3O. The minimum Gasteiger partial charge on any atom is -0.305 e. The van der Waals surface area contributed by atoms with Crippen molar-refractivity contribution in [2.45, 2.75) is 51.6 Å². The Kier molecular flexibility index (Phi) is 3.93. The lowest BCUT2D eigenvalue weighted by atomic mass is 9.83. The summed E-state index contributed by atoms with van der Waals surface area (Å²) in [7, 11) is 0. The third-order valence-corrected chi connectivity index (χ3v) is 5.66. The minimum atomic E-state index is 0.0802. The summed E-state index contributed by atoms with van der Waals surface area (Å²) in [5.74, 6) is 0.590. The van der Waals surface area contributed by atoms with Crippen molar-refractivity contribution < 1.29 is 0 Å². The van der Waals surface area contributed by atoms with Gasteiger partial charge in [0.15, 0.2) is 0 Å². The number of aromatic nitrogens is 2. The molecule has 0 N–H and O–H groups in total. The first-order valence-electron chi connectivity index (χ1n) is 8.94. The molecule has 4 rings (SSSR count). The van der Waals surface area contributed by atoms with Crippen LogP contribution in [0.1, 0.15) is 37.8 Å². The molecule has 0 amide bonds. The summed E-state index contributed by atoms with van der Waals surface area (Å²) < 4.78 is 1.99. The van der Waals surface area contributed by atoms with Gasteiger partial charge in [-0.2, -0.15) is 0 Å². The first-order valence-corrected chi connectivity index (χ1v) is 8.94. The van der Waals surface area contributed by atoms with Crippen LogP contribution in [-0.4, -0.2) is 33.6 Å². The van der Waals surface area contributed by atoms with Gasteiger partial charge in [0.1, 0.15) is 5.69 Å². The lowest BCUT2D eigenvalue weighted by Crippen LogP contribution is -2.49. The fourth-order valence-electron chi connectivity index (χ4n) is 4.53. The lowest BCUT2D eigenvalue weighted by molar-refractivity contribution is 0.0520. The molecular weight excluding hydrogens is 286 g/mol. The van der Waals surface area contributed by atoms with Crippen LogP contribution in [0.25, 0.3) is 11.0 Å². The van der Waals surface area contributed by atoms with Gasteiger partial charge in [-0.15, -0.1) is 0 Å².